The molecule has 0 amide bonds. The van der Waals surface area contributed by atoms with Gasteiger partial charge in [0.1, 0.15) is 13.2 Å². The Bertz CT molecular complexity index is 1070. The van der Waals surface area contributed by atoms with Crippen LogP contribution in [0, 0.1) is 0 Å². The van der Waals surface area contributed by atoms with Crippen molar-refractivity contribution in [2.45, 2.75) is 271 Å². The number of hydrogen-bond acceptors (Lipinski definition) is 6. The van der Waals surface area contributed by atoms with Crippen LogP contribution in [-0.4, -0.2) is 37.2 Å². The highest BCUT2D eigenvalue weighted by molar-refractivity contribution is 5.71. The summed E-state index contributed by atoms with van der Waals surface area (Å²) in [6.07, 6.45) is 59.5. The van der Waals surface area contributed by atoms with E-state index in [2.05, 4.69) is 69.4 Å². The molecule has 0 heterocycles. The molecule has 0 rings (SSSR count). The minimum Gasteiger partial charge on any atom is -0.462 e. The third-order valence-electron chi connectivity index (χ3n) is 11.3. The Balaban J connectivity index is 4.44. The molecule has 0 aromatic rings. The molecule has 0 spiro atoms. The van der Waals surface area contributed by atoms with Gasteiger partial charge in [0.05, 0.1) is 0 Å². The monoisotopic (exact) mass is 855 g/mol. The molecule has 0 fully saturated rings. The lowest BCUT2D eigenvalue weighted by Gasteiger charge is -2.18. The standard InChI is InChI=1S/C55H98O6/c1-4-7-10-13-16-19-22-25-27-30-33-36-39-42-45-48-54(57)60-51-52(50-59-53(56)47-44-41-38-35-32-29-24-21-18-15-12-9-6-3)61-55(58)49-46-43-40-37-34-31-28-26-23-20-17-14-11-8-5-2/h16,19,25-28,33,36,52H,4-15,17-18,20-24,29-32,34-35,37-51H2,1-3H3/b19-16+,27-25+,28-26+,36-33+. The van der Waals surface area contributed by atoms with E-state index in [-0.39, 0.29) is 31.1 Å². The highest BCUT2D eigenvalue weighted by Crippen LogP contribution is 2.15. The van der Waals surface area contributed by atoms with Gasteiger partial charge in [-0.15, -0.1) is 0 Å². The van der Waals surface area contributed by atoms with Gasteiger partial charge in [-0.2, -0.15) is 0 Å². The second kappa shape index (κ2) is 50.0. The average Bonchev–Trinajstić information content (AvgIpc) is 3.26. The van der Waals surface area contributed by atoms with E-state index in [4.69, 9.17) is 14.2 Å². The molecule has 0 aliphatic carbocycles. The Morgan fingerprint density at radius 1 is 0.328 bits per heavy atom. The summed E-state index contributed by atoms with van der Waals surface area (Å²) in [5.41, 5.74) is 0. The van der Waals surface area contributed by atoms with Crippen LogP contribution in [0.3, 0.4) is 0 Å². The molecule has 354 valence electrons. The van der Waals surface area contributed by atoms with Gasteiger partial charge in [0.25, 0.3) is 0 Å². The molecule has 0 bridgehead atoms. The van der Waals surface area contributed by atoms with Gasteiger partial charge in [-0.3, -0.25) is 14.4 Å². The van der Waals surface area contributed by atoms with Crippen molar-refractivity contribution in [2.24, 2.45) is 0 Å². The smallest absolute Gasteiger partial charge is 0.306 e. The van der Waals surface area contributed by atoms with Crippen molar-refractivity contribution in [2.75, 3.05) is 13.2 Å². The van der Waals surface area contributed by atoms with Crippen LogP contribution in [0.25, 0.3) is 0 Å². The summed E-state index contributed by atoms with van der Waals surface area (Å²) in [7, 11) is 0. The van der Waals surface area contributed by atoms with Crippen LogP contribution in [0.5, 0.6) is 0 Å². The zero-order valence-electron chi connectivity index (χ0n) is 40.4. The second-order valence-electron chi connectivity index (χ2n) is 17.4. The van der Waals surface area contributed by atoms with E-state index in [0.717, 1.165) is 83.5 Å². The van der Waals surface area contributed by atoms with Crippen molar-refractivity contribution in [1.82, 2.24) is 0 Å². The fourth-order valence-corrected chi connectivity index (χ4v) is 7.33. The number of unbranched alkanes of at least 4 members (excludes halogenated alkanes) is 28. The van der Waals surface area contributed by atoms with Crippen molar-refractivity contribution in [3.63, 3.8) is 0 Å². The van der Waals surface area contributed by atoms with Gasteiger partial charge in [0.2, 0.25) is 0 Å². The molecule has 61 heavy (non-hydrogen) atoms. The fourth-order valence-electron chi connectivity index (χ4n) is 7.33. The maximum atomic E-state index is 12.8. The van der Waals surface area contributed by atoms with Gasteiger partial charge in [-0.25, -0.2) is 0 Å². The molecule has 0 radical (unpaired) electrons. The van der Waals surface area contributed by atoms with Crippen LogP contribution in [0.2, 0.25) is 0 Å². The average molecular weight is 855 g/mol. The van der Waals surface area contributed by atoms with Crippen molar-refractivity contribution in [3.8, 4) is 0 Å². The maximum Gasteiger partial charge on any atom is 0.306 e. The molecule has 0 saturated carbocycles. The summed E-state index contributed by atoms with van der Waals surface area (Å²) in [4.78, 5) is 37.9. The fraction of sp³-hybridized carbons (Fsp3) is 0.800. The number of hydrogen-bond donors (Lipinski definition) is 0. The molecule has 0 saturated heterocycles. The van der Waals surface area contributed by atoms with Crippen LogP contribution in [0.15, 0.2) is 48.6 Å². The van der Waals surface area contributed by atoms with Crippen LogP contribution in [0.4, 0.5) is 0 Å². The second-order valence-corrected chi connectivity index (χ2v) is 17.4. The molecule has 1 atom stereocenters. The SMILES string of the molecule is CCCCC/C=C/C/C=C/C/C=C/CCCCC(=O)OCC(COC(=O)CCCCCCCCCCCCCCC)OC(=O)CCCCCCC/C=C/CCCCCCCC. The lowest BCUT2D eigenvalue weighted by molar-refractivity contribution is -0.167. The highest BCUT2D eigenvalue weighted by Gasteiger charge is 2.19. The van der Waals surface area contributed by atoms with Crippen molar-refractivity contribution < 1.29 is 28.6 Å². The summed E-state index contributed by atoms with van der Waals surface area (Å²) in [6.45, 7) is 6.58. The van der Waals surface area contributed by atoms with Gasteiger partial charge < -0.3 is 14.2 Å². The topological polar surface area (TPSA) is 78.9 Å². The summed E-state index contributed by atoms with van der Waals surface area (Å²) in [5, 5.41) is 0. The van der Waals surface area contributed by atoms with Crippen molar-refractivity contribution in [1.29, 1.82) is 0 Å². The zero-order chi connectivity index (χ0) is 44.4. The van der Waals surface area contributed by atoms with Gasteiger partial charge in [-0.1, -0.05) is 211 Å². The first-order chi connectivity index (χ1) is 30.0. The van der Waals surface area contributed by atoms with E-state index in [1.165, 1.54) is 141 Å². The predicted molar refractivity (Wildman–Crippen MR) is 261 cm³/mol. The molecule has 0 aromatic carbocycles. The Hall–Kier alpha value is -2.63. The summed E-state index contributed by atoms with van der Waals surface area (Å²) >= 11 is 0. The van der Waals surface area contributed by atoms with E-state index in [1.54, 1.807) is 0 Å². The van der Waals surface area contributed by atoms with Crippen LogP contribution in [0.1, 0.15) is 265 Å². The summed E-state index contributed by atoms with van der Waals surface area (Å²) in [6, 6.07) is 0. The Kier molecular flexibility index (Phi) is 47.9. The van der Waals surface area contributed by atoms with Crippen molar-refractivity contribution >= 4 is 17.9 Å². The lowest BCUT2D eigenvalue weighted by Crippen LogP contribution is -2.30. The molecule has 0 aliphatic rings. The molecule has 0 aromatic heterocycles. The molecule has 6 heteroatoms. The Labute approximate surface area is 378 Å². The summed E-state index contributed by atoms with van der Waals surface area (Å²) in [5.74, 6) is -0.927. The van der Waals surface area contributed by atoms with E-state index >= 15 is 0 Å². The molecular weight excluding hydrogens is 757 g/mol. The van der Waals surface area contributed by atoms with Crippen LogP contribution >= 0.6 is 0 Å². The van der Waals surface area contributed by atoms with E-state index in [0.29, 0.717) is 19.3 Å². The maximum absolute atomic E-state index is 12.8. The lowest BCUT2D eigenvalue weighted by atomic mass is 10.0. The predicted octanol–water partition coefficient (Wildman–Crippen LogP) is 17.1. The number of carbonyl (C=O) groups is 3. The molecular formula is C55H98O6. The molecule has 0 aliphatic heterocycles. The van der Waals surface area contributed by atoms with E-state index in [9.17, 15) is 14.4 Å². The van der Waals surface area contributed by atoms with Gasteiger partial charge in [0.15, 0.2) is 6.10 Å². The Morgan fingerprint density at radius 3 is 1.00 bits per heavy atom. The van der Waals surface area contributed by atoms with Crippen LogP contribution < -0.4 is 0 Å². The molecule has 1 unspecified atom stereocenters. The van der Waals surface area contributed by atoms with Crippen molar-refractivity contribution in [3.05, 3.63) is 48.6 Å². The number of ether oxygens (including phenoxy) is 3. The minimum absolute atomic E-state index is 0.0862. The first-order valence-electron chi connectivity index (χ1n) is 26.1. The number of allylic oxidation sites excluding steroid dienone is 8. The first-order valence-corrected chi connectivity index (χ1v) is 26.1. The van der Waals surface area contributed by atoms with Gasteiger partial charge >= 0.3 is 17.9 Å². The third kappa shape index (κ3) is 48.3. The Morgan fingerprint density at radius 2 is 0.590 bits per heavy atom. The highest BCUT2D eigenvalue weighted by atomic mass is 16.6. The first kappa shape index (κ1) is 58.4. The largest absolute Gasteiger partial charge is 0.462 e. The van der Waals surface area contributed by atoms with Gasteiger partial charge in [0, 0.05) is 19.3 Å². The minimum atomic E-state index is -0.789. The quantitative estimate of drug-likeness (QED) is 0.0263. The molecule has 6 nitrogen and oxygen atoms in total. The summed E-state index contributed by atoms with van der Waals surface area (Å²) < 4.78 is 16.8. The van der Waals surface area contributed by atoms with Gasteiger partial charge in [-0.05, 0) is 83.5 Å². The van der Waals surface area contributed by atoms with E-state index in [1.807, 2.05) is 0 Å². The third-order valence-corrected chi connectivity index (χ3v) is 11.3. The van der Waals surface area contributed by atoms with Crippen LogP contribution in [-0.2, 0) is 28.6 Å². The normalized spacial score (nSPS) is 12.4. The van der Waals surface area contributed by atoms with E-state index < -0.39 is 6.10 Å². The number of rotatable bonds is 47. The molecule has 0 N–H and O–H groups in total. The zero-order valence-corrected chi connectivity index (χ0v) is 40.4. The number of esters is 3. The number of carbonyl (C=O) groups excluding carboxylic acids is 3.